The number of nitrogens with two attached hydrogens (primary N) is 1. The van der Waals surface area contributed by atoms with Crippen molar-refractivity contribution >= 4 is 5.91 Å². The van der Waals surface area contributed by atoms with Crippen LogP contribution < -0.4 is 5.73 Å². The van der Waals surface area contributed by atoms with Crippen LogP contribution in [0.1, 0.15) is 33.1 Å². The first-order valence-corrected chi connectivity index (χ1v) is 7.12. The van der Waals surface area contributed by atoms with Crippen molar-refractivity contribution in [3.05, 3.63) is 0 Å². The average Bonchev–Trinajstić information content (AvgIpc) is 2.37. The topological polar surface area (TPSA) is 49.6 Å². The number of amides is 1. The van der Waals surface area contributed by atoms with Gasteiger partial charge in [-0.05, 0) is 24.8 Å². The number of carbonyl (C=O) groups excluding carboxylic acids is 1. The molecule has 0 unspecified atom stereocenters. The highest BCUT2D eigenvalue weighted by molar-refractivity contribution is 5.76. The molecule has 1 heterocycles. The van der Waals surface area contributed by atoms with Crippen LogP contribution in [0.5, 0.6) is 0 Å². The lowest BCUT2D eigenvalue weighted by Crippen LogP contribution is -2.48. The first-order valence-electron chi connectivity index (χ1n) is 7.12. The molecule has 1 saturated heterocycles. The summed E-state index contributed by atoms with van der Waals surface area (Å²) in [6.07, 6.45) is 7.80. The van der Waals surface area contributed by atoms with E-state index in [-0.39, 0.29) is 11.3 Å². The third-order valence-electron chi connectivity index (χ3n) is 3.88. The maximum Gasteiger partial charge on any atom is 0.222 e. The molecule has 1 aliphatic rings. The molecule has 0 aromatic carbocycles. The first-order chi connectivity index (χ1) is 8.98. The summed E-state index contributed by atoms with van der Waals surface area (Å²) < 4.78 is 0. The zero-order valence-electron chi connectivity index (χ0n) is 12.3. The molecule has 108 valence electrons. The normalized spacial score (nSPS) is 17.3. The smallest absolute Gasteiger partial charge is 0.222 e. The maximum atomic E-state index is 12.1. The van der Waals surface area contributed by atoms with Crippen molar-refractivity contribution in [1.82, 2.24) is 9.80 Å². The summed E-state index contributed by atoms with van der Waals surface area (Å²) in [4.78, 5) is 16.3. The van der Waals surface area contributed by atoms with E-state index in [1.165, 1.54) is 0 Å². The van der Waals surface area contributed by atoms with Gasteiger partial charge in [-0.2, -0.15) is 0 Å². The van der Waals surface area contributed by atoms with Gasteiger partial charge in [0.25, 0.3) is 0 Å². The van der Waals surface area contributed by atoms with E-state index >= 15 is 0 Å². The van der Waals surface area contributed by atoms with Gasteiger partial charge in [0.1, 0.15) is 0 Å². The molecule has 19 heavy (non-hydrogen) atoms. The molecule has 0 atom stereocenters. The Hall–Kier alpha value is -1.05. The molecule has 4 heteroatoms. The summed E-state index contributed by atoms with van der Waals surface area (Å²) in [6, 6.07) is 0. The highest BCUT2D eigenvalue weighted by atomic mass is 16.2. The summed E-state index contributed by atoms with van der Waals surface area (Å²) >= 11 is 0. The van der Waals surface area contributed by atoms with E-state index in [1.807, 2.05) is 4.90 Å². The fourth-order valence-corrected chi connectivity index (χ4v) is 2.40. The molecule has 0 radical (unpaired) electrons. The van der Waals surface area contributed by atoms with Crippen molar-refractivity contribution in [2.45, 2.75) is 33.1 Å². The van der Waals surface area contributed by atoms with Gasteiger partial charge < -0.3 is 10.6 Å². The number of hydrogen-bond donors (Lipinski definition) is 1. The molecule has 0 spiro atoms. The van der Waals surface area contributed by atoms with Crippen molar-refractivity contribution in [3.63, 3.8) is 0 Å². The summed E-state index contributed by atoms with van der Waals surface area (Å²) in [7, 11) is 0. The van der Waals surface area contributed by atoms with Gasteiger partial charge in [-0.3, -0.25) is 9.69 Å². The van der Waals surface area contributed by atoms with Gasteiger partial charge in [0, 0.05) is 32.6 Å². The second kappa shape index (κ2) is 7.52. The quantitative estimate of drug-likeness (QED) is 0.727. The van der Waals surface area contributed by atoms with E-state index in [4.69, 9.17) is 12.2 Å². The molecule has 1 fully saturated rings. The van der Waals surface area contributed by atoms with E-state index in [0.29, 0.717) is 19.5 Å². The molecule has 0 aromatic rings. The van der Waals surface area contributed by atoms with Crippen molar-refractivity contribution in [2.24, 2.45) is 11.1 Å². The number of nitrogens with zero attached hydrogens (tertiary/aromatic N) is 2. The Morgan fingerprint density at radius 2 is 1.89 bits per heavy atom. The summed E-state index contributed by atoms with van der Waals surface area (Å²) in [5.41, 5.74) is 5.75. The Labute approximate surface area is 117 Å². The monoisotopic (exact) mass is 265 g/mol. The van der Waals surface area contributed by atoms with E-state index < -0.39 is 0 Å². The third kappa shape index (κ3) is 5.63. The van der Waals surface area contributed by atoms with Gasteiger partial charge in [-0.25, -0.2) is 0 Å². The van der Waals surface area contributed by atoms with Crippen LogP contribution in [-0.2, 0) is 4.79 Å². The molecule has 0 aromatic heterocycles. The van der Waals surface area contributed by atoms with Gasteiger partial charge in [0.15, 0.2) is 0 Å². The predicted molar refractivity (Wildman–Crippen MR) is 78.5 cm³/mol. The van der Waals surface area contributed by atoms with Gasteiger partial charge in [-0.1, -0.05) is 19.8 Å². The fraction of sp³-hybridized carbons (Fsp3) is 0.800. The number of hydrogen-bond acceptors (Lipinski definition) is 3. The molecule has 0 bridgehead atoms. The molecule has 1 amide bonds. The summed E-state index contributed by atoms with van der Waals surface area (Å²) in [6.45, 7) is 9.12. The van der Waals surface area contributed by atoms with Crippen molar-refractivity contribution < 1.29 is 4.79 Å². The van der Waals surface area contributed by atoms with Crippen molar-refractivity contribution in [3.8, 4) is 12.3 Å². The van der Waals surface area contributed by atoms with E-state index in [0.717, 1.165) is 39.0 Å². The Bertz CT molecular complexity index is 325. The van der Waals surface area contributed by atoms with Crippen LogP contribution in [0.2, 0.25) is 0 Å². The molecule has 0 aliphatic carbocycles. The number of carbonyl (C=O) groups is 1. The summed E-state index contributed by atoms with van der Waals surface area (Å²) in [5, 5.41) is 0. The van der Waals surface area contributed by atoms with Crippen molar-refractivity contribution in [1.29, 1.82) is 0 Å². The standard InChI is InChI=1S/C15H27N3O/c1-4-9-17-10-12-18(13-11-17)14(19)5-6-15(2,3)7-8-16/h1H,5-13,16H2,2-3H3. The predicted octanol–water partition coefficient (Wildman–Crippen LogP) is 0.919. The number of piperazine rings is 1. The molecule has 2 N–H and O–H groups in total. The molecule has 1 rings (SSSR count). The minimum atomic E-state index is 0.162. The number of rotatable bonds is 6. The largest absolute Gasteiger partial charge is 0.340 e. The van der Waals surface area contributed by atoms with Crippen LogP contribution in [0.15, 0.2) is 0 Å². The van der Waals surface area contributed by atoms with Gasteiger partial charge in [0.05, 0.1) is 6.54 Å². The molecular formula is C15H27N3O. The lowest BCUT2D eigenvalue weighted by Gasteiger charge is -2.34. The van der Waals surface area contributed by atoms with Gasteiger partial charge in [0.2, 0.25) is 5.91 Å². The van der Waals surface area contributed by atoms with Crippen LogP contribution in [0.4, 0.5) is 0 Å². The molecule has 0 saturated carbocycles. The van der Waals surface area contributed by atoms with Crippen LogP contribution in [0.3, 0.4) is 0 Å². The molecular weight excluding hydrogens is 238 g/mol. The van der Waals surface area contributed by atoms with E-state index in [1.54, 1.807) is 0 Å². The minimum absolute atomic E-state index is 0.162. The van der Waals surface area contributed by atoms with Gasteiger partial charge >= 0.3 is 0 Å². The minimum Gasteiger partial charge on any atom is -0.340 e. The Kier molecular flexibility index (Phi) is 6.33. The Morgan fingerprint density at radius 3 is 2.42 bits per heavy atom. The van der Waals surface area contributed by atoms with E-state index in [2.05, 4.69) is 24.7 Å². The van der Waals surface area contributed by atoms with E-state index in [9.17, 15) is 4.79 Å². The van der Waals surface area contributed by atoms with Gasteiger partial charge in [-0.15, -0.1) is 6.42 Å². The Morgan fingerprint density at radius 1 is 1.26 bits per heavy atom. The first kappa shape index (κ1) is 16.0. The summed E-state index contributed by atoms with van der Waals surface area (Å²) in [5.74, 6) is 2.92. The maximum absolute atomic E-state index is 12.1. The van der Waals surface area contributed by atoms with Crippen LogP contribution in [0, 0.1) is 17.8 Å². The zero-order valence-corrected chi connectivity index (χ0v) is 12.3. The average molecular weight is 265 g/mol. The van der Waals surface area contributed by atoms with Crippen LogP contribution in [-0.4, -0.2) is 55.0 Å². The second-order valence-electron chi connectivity index (χ2n) is 6.06. The zero-order chi connectivity index (χ0) is 14.3. The van der Waals surface area contributed by atoms with Crippen LogP contribution >= 0.6 is 0 Å². The third-order valence-corrected chi connectivity index (χ3v) is 3.88. The Balaban J connectivity index is 2.30. The van der Waals surface area contributed by atoms with Crippen molar-refractivity contribution in [2.75, 3.05) is 39.3 Å². The highest BCUT2D eigenvalue weighted by Gasteiger charge is 2.23. The molecule has 4 nitrogen and oxygen atoms in total. The second-order valence-corrected chi connectivity index (χ2v) is 6.06. The highest BCUT2D eigenvalue weighted by Crippen LogP contribution is 2.26. The molecule has 1 aliphatic heterocycles. The lowest BCUT2D eigenvalue weighted by molar-refractivity contribution is -0.133. The fourth-order valence-electron chi connectivity index (χ4n) is 2.40. The SMILES string of the molecule is C#CCN1CCN(C(=O)CCC(C)(C)CCN)CC1. The van der Waals surface area contributed by atoms with Crippen LogP contribution in [0.25, 0.3) is 0 Å². The lowest BCUT2D eigenvalue weighted by atomic mass is 9.84. The number of terminal acetylenes is 1.